The number of benzene rings is 1. The number of pyridine rings is 1. The van der Waals surface area contributed by atoms with Crippen LogP contribution >= 0.6 is 11.6 Å². The molecule has 0 fully saturated rings. The first-order chi connectivity index (χ1) is 11.4. The number of nitrogens with one attached hydrogen (secondary N) is 1. The van der Waals surface area contributed by atoms with Crippen molar-refractivity contribution in [1.82, 2.24) is 14.3 Å². The molecule has 1 aromatic carbocycles. The molecule has 0 unspecified atom stereocenters. The number of nitrogens with zero attached hydrogens (tertiary/aromatic N) is 2. The summed E-state index contributed by atoms with van der Waals surface area (Å²) in [5.41, 5.74) is 2.24. The lowest BCUT2D eigenvalue weighted by Gasteiger charge is -2.09. The van der Waals surface area contributed by atoms with Gasteiger partial charge >= 0.3 is 0 Å². The van der Waals surface area contributed by atoms with Gasteiger partial charge in [0.1, 0.15) is 0 Å². The van der Waals surface area contributed by atoms with Crippen molar-refractivity contribution >= 4 is 32.7 Å². The van der Waals surface area contributed by atoms with Gasteiger partial charge in [0.25, 0.3) is 10.0 Å². The molecule has 7 heteroatoms. The van der Waals surface area contributed by atoms with Gasteiger partial charge in [0.05, 0.1) is 9.92 Å². The second kappa shape index (κ2) is 6.55. The van der Waals surface area contributed by atoms with Crippen LogP contribution in [0.3, 0.4) is 0 Å². The van der Waals surface area contributed by atoms with E-state index in [0.29, 0.717) is 16.1 Å². The summed E-state index contributed by atoms with van der Waals surface area (Å²) in [4.78, 5) is 4.56. The zero-order chi connectivity index (χ0) is 17.3. The van der Waals surface area contributed by atoms with Gasteiger partial charge in [0.15, 0.2) is 5.65 Å². The molecule has 0 atom stereocenters. The molecule has 0 amide bonds. The van der Waals surface area contributed by atoms with Gasteiger partial charge in [-0.25, -0.2) is 17.4 Å². The van der Waals surface area contributed by atoms with Crippen LogP contribution in [0.5, 0.6) is 0 Å². The molecule has 1 N–H and O–H groups in total. The Balaban J connectivity index is 2.10. The van der Waals surface area contributed by atoms with E-state index in [1.807, 2.05) is 14.0 Å². The van der Waals surface area contributed by atoms with E-state index < -0.39 is 10.0 Å². The van der Waals surface area contributed by atoms with Gasteiger partial charge in [0, 0.05) is 17.8 Å². The third-order valence-corrected chi connectivity index (χ3v) is 6.04. The quantitative estimate of drug-likeness (QED) is 0.756. The summed E-state index contributed by atoms with van der Waals surface area (Å²) in [7, 11) is -1.84. The number of hydrogen-bond acceptors (Lipinski definition) is 4. The number of hydrogen-bond donors (Lipinski definition) is 1. The first-order valence-corrected chi connectivity index (χ1v) is 9.38. The van der Waals surface area contributed by atoms with Gasteiger partial charge < -0.3 is 5.32 Å². The summed E-state index contributed by atoms with van der Waals surface area (Å²) in [6.07, 6.45) is 3.87. The van der Waals surface area contributed by atoms with Crippen molar-refractivity contribution in [2.24, 2.45) is 0 Å². The molecule has 0 aliphatic carbocycles. The average Bonchev–Trinajstić information content (AvgIpc) is 3.00. The molecule has 24 heavy (non-hydrogen) atoms. The maximum absolute atomic E-state index is 12.9. The van der Waals surface area contributed by atoms with Crippen molar-refractivity contribution in [3.63, 3.8) is 0 Å². The molecule has 2 aromatic heterocycles. The van der Waals surface area contributed by atoms with E-state index in [4.69, 9.17) is 11.6 Å². The Morgan fingerprint density at radius 2 is 1.92 bits per heavy atom. The summed E-state index contributed by atoms with van der Waals surface area (Å²) >= 11 is 6.43. The minimum atomic E-state index is -3.70. The zero-order valence-electron chi connectivity index (χ0n) is 13.5. The second-order valence-electron chi connectivity index (χ2n) is 5.62. The topological polar surface area (TPSA) is 64.0 Å². The molecule has 0 saturated carbocycles. The molecule has 0 aliphatic rings. The number of likely N-dealkylation sites (N-methyl/N-ethyl adjacent to an activating group) is 1. The number of fused-ring (bicyclic) bond motifs is 1. The molecule has 3 aromatic rings. The molecule has 0 aliphatic heterocycles. The Labute approximate surface area is 146 Å². The molecule has 5 nitrogen and oxygen atoms in total. The van der Waals surface area contributed by atoms with E-state index in [9.17, 15) is 8.42 Å². The highest BCUT2D eigenvalue weighted by molar-refractivity contribution is 7.90. The number of aryl methyl sites for hydroxylation is 1. The van der Waals surface area contributed by atoms with Crippen LogP contribution in [0.15, 0.2) is 47.6 Å². The lowest BCUT2D eigenvalue weighted by molar-refractivity contribution is 0.588. The Hall–Kier alpha value is -1.89. The highest BCUT2D eigenvalue weighted by Gasteiger charge is 2.21. The summed E-state index contributed by atoms with van der Waals surface area (Å²) < 4.78 is 26.9. The van der Waals surface area contributed by atoms with Crippen LogP contribution in [0.1, 0.15) is 11.1 Å². The van der Waals surface area contributed by atoms with Gasteiger partial charge in [-0.05, 0) is 50.7 Å². The Morgan fingerprint density at radius 1 is 1.21 bits per heavy atom. The fourth-order valence-corrected chi connectivity index (χ4v) is 4.12. The first-order valence-electron chi connectivity index (χ1n) is 7.56. The Morgan fingerprint density at radius 3 is 2.58 bits per heavy atom. The zero-order valence-corrected chi connectivity index (χ0v) is 15.0. The fraction of sp³-hybridized carbons (Fsp3) is 0.235. The van der Waals surface area contributed by atoms with E-state index in [0.717, 1.165) is 24.1 Å². The van der Waals surface area contributed by atoms with E-state index >= 15 is 0 Å². The summed E-state index contributed by atoms with van der Waals surface area (Å²) in [5, 5.41) is 4.25. The van der Waals surface area contributed by atoms with Gasteiger partial charge in [-0.3, -0.25) is 0 Å². The van der Waals surface area contributed by atoms with E-state index in [1.54, 1.807) is 36.5 Å². The van der Waals surface area contributed by atoms with Gasteiger partial charge in [-0.1, -0.05) is 29.3 Å². The van der Waals surface area contributed by atoms with E-state index in [-0.39, 0.29) is 4.90 Å². The van der Waals surface area contributed by atoms with Crippen LogP contribution in [-0.2, 0) is 16.4 Å². The second-order valence-corrected chi connectivity index (χ2v) is 7.81. The summed E-state index contributed by atoms with van der Waals surface area (Å²) in [5.74, 6) is 0. The summed E-state index contributed by atoms with van der Waals surface area (Å²) in [6.45, 7) is 2.69. The van der Waals surface area contributed by atoms with Gasteiger partial charge in [0.2, 0.25) is 0 Å². The van der Waals surface area contributed by atoms with Crippen molar-refractivity contribution in [2.45, 2.75) is 18.2 Å². The molecule has 0 bridgehead atoms. The molecule has 0 radical (unpaired) electrons. The number of aromatic nitrogens is 2. The maximum Gasteiger partial charge on any atom is 0.269 e. The lowest BCUT2D eigenvalue weighted by atomic mass is 10.2. The maximum atomic E-state index is 12.9. The van der Waals surface area contributed by atoms with Crippen molar-refractivity contribution in [3.8, 4) is 0 Å². The molecule has 126 valence electrons. The lowest BCUT2D eigenvalue weighted by Crippen LogP contribution is -2.13. The minimum Gasteiger partial charge on any atom is -0.319 e. The smallest absolute Gasteiger partial charge is 0.269 e. The van der Waals surface area contributed by atoms with Crippen molar-refractivity contribution in [1.29, 1.82) is 0 Å². The third-order valence-electron chi connectivity index (χ3n) is 3.91. The predicted octanol–water partition coefficient (Wildman–Crippen LogP) is 3.00. The van der Waals surface area contributed by atoms with Crippen molar-refractivity contribution in [2.75, 3.05) is 13.6 Å². The highest BCUT2D eigenvalue weighted by atomic mass is 35.5. The van der Waals surface area contributed by atoms with Crippen molar-refractivity contribution in [3.05, 3.63) is 58.9 Å². The number of halogens is 1. The van der Waals surface area contributed by atoms with E-state index in [1.165, 1.54) is 10.2 Å². The molecule has 3 rings (SSSR count). The normalized spacial score (nSPS) is 12.0. The SMILES string of the molecule is CNCCc1cnc2c(ccn2S(=O)(=O)c2ccc(C)cc2)c1Cl. The highest BCUT2D eigenvalue weighted by Crippen LogP contribution is 2.29. The van der Waals surface area contributed by atoms with Crippen LogP contribution in [0.25, 0.3) is 11.0 Å². The van der Waals surface area contributed by atoms with Crippen molar-refractivity contribution < 1.29 is 8.42 Å². The predicted molar refractivity (Wildman–Crippen MR) is 96.1 cm³/mol. The van der Waals surface area contributed by atoms with E-state index in [2.05, 4.69) is 10.3 Å². The largest absolute Gasteiger partial charge is 0.319 e. The Bertz CT molecular complexity index is 979. The van der Waals surface area contributed by atoms with Gasteiger partial charge in [-0.15, -0.1) is 0 Å². The average molecular weight is 364 g/mol. The monoisotopic (exact) mass is 363 g/mol. The third kappa shape index (κ3) is 2.92. The molecular formula is C17H18ClN3O2S. The fourth-order valence-electron chi connectivity index (χ4n) is 2.52. The Kier molecular flexibility index (Phi) is 4.62. The first kappa shape index (κ1) is 17.0. The minimum absolute atomic E-state index is 0.225. The van der Waals surface area contributed by atoms with Gasteiger partial charge in [-0.2, -0.15) is 0 Å². The molecular weight excluding hydrogens is 346 g/mol. The van der Waals surface area contributed by atoms with Crippen LogP contribution in [0.2, 0.25) is 5.02 Å². The van der Waals surface area contributed by atoms with Crippen LogP contribution in [0.4, 0.5) is 0 Å². The standard InChI is InChI=1S/C17H18ClN3O2S/c1-12-3-5-14(6-4-12)24(22,23)21-10-8-15-16(18)13(7-9-19-2)11-20-17(15)21/h3-6,8,10-11,19H,7,9H2,1-2H3. The van der Waals surface area contributed by atoms with Crippen LogP contribution in [-0.4, -0.2) is 31.0 Å². The molecule has 2 heterocycles. The number of rotatable bonds is 5. The van der Waals surface area contributed by atoms with Crippen LogP contribution in [0, 0.1) is 6.92 Å². The molecule has 0 saturated heterocycles. The molecule has 0 spiro atoms. The van der Waals surface area contributed by atoms with Crippen LogP contribution < -0.4 is 5.32 Å². The summed E-state index contributed by atoms with van der Waals surface area (Å²) in [6, 6.07) is 8.43.